The van der Waals surface area contributed by atoms with Crippen LogP contribution in [0.4, 0.5) is 11.4 Å². The lowest BCUT2D eigenvalue weighted by molar-refractivity contribution is -0.384. The Balaban J connectivity index is 1.97. The van der Waals surface area contributed by atoms with Crippen molar-refractivity contribution in [3.63, 3.8) is 0 Å². The van der Waals surface area contributed by atoms with Crippen LogP contribution in [0.15, 0.2) is 40.9 Å². The minimum absolute atomic E-state index is 0.0383. The van der Waals surface area contributed by atoms with E-state index in [9.17, 15) is 24.5 Å². The highest BCUT2D eigenvalue weighted by molar-refractivity contribution is 9.10. The highest BCUT2D eigenvalue weighted by Gasteiger charge is 2.38. The maximum Gasteiger partial charge on any atom is 0.270 e. The number of fused-ring (bicyclic) bond motifs is 1. The molecule has 0 bridgehead atoms. The van der Waals surface area contributed by atoms with Gasteiger partial charge in [-0.2, -0.15) is 0 Å². The summed E-state index contributed by atoms with van der Waals surface area (Å²) in [6, 6.07) is 8.86. The van der Waals surface area contributed by atoms with E-state index in [1.165, 1.54) is 24.0 Å². The molecule has 0 unspecified atom stereocenters. The lowest BCUT2D eigenvalue weighted by Gasteiger charge is -2.27. The summed E-state index contributed by atoms with van der Waals surface area (Å²) >= 11 is 3.35. The molecule has 0 saturated carbocycles. The van der Waals surface area contributed by atoms with Crippen LogP contribution in [0.1, 0.15) is 33.2 Å². The molecule has 0 aliphatic carbocycles. The SMILES string of the molecule is CC(=O)N(CN1C(=O)c2ccc([N+](=O)[O-])cc2C1=O)c1cc(Br)ccc1C. The largest absolute Gasteiger partial charge is 0.294 e. The summed E-state index contributed by atoms with van der Waals surface area (Å²) in [6.07, 6.45) is 0. The van der Waals surface area contributed by atoms with E-state index >= 15 is 0 Å². The Kier molecular flexibility index (Phi) is 4.79. The molecular formula is C18H14BrN3O5. The molecule has 3 amide bonds. The van der Waals surface area contributed by atoms with Gasteiger partial charge in [-0.15, -0.1) is 0 Å². The third kappa shape index (κ3) is 3.33. The molecule has 0 spiro atoms. The number of hydrogen-bond donors (Lipinski definition) is 0. The highest BCUT2D eigenvalue weighted by Crippen LogP contribution is 2.29. The normalized spacial score (nSPS) is 12.9. The van der Waals surface area contributed by atoms with Gasteiger partial charge in [0.05, 0.1) is 16.1 Å². The average molecular weight is 432 g/mol. The van der Waals surface area contributed by atoms with Crippen molar-refractivity contribution in [3.8, 4) is 0 Å². The molecule has 1 aliphatic heterocycles. The molecule has 0 atom stereocenters. The van der Waals surface area contributed by atoms with E-state index in [0.29, 0.717) is 5.69 Å². The van der Waals surface area contributed by atoms with Crippen LogP contribution in [-0.2, 0) is 4.79 Å². The monoisotopic (exact) mass is 431 g/mol. The molecule has 0 fully saturated rings. The number of imide groups is 1. The first-order chi connectivity index (χ1) is 12.7. The number of hydrogen-bond acceptors (Lipinski definition) is 5. The van der Waals surface area contributed by atoms with Crippen molar-refractivity contribution < 1.29 is 19.3 Å². The summed E-state index contributed by atoms with van der Waals surface area (Å²) < 4.78 is 0.743. The van der Waals surface area contributed by atoms with Crippen molar-refractivity contribution in [3.05, 3.63) is 67.7 Å². The highest BCUT2D eigenvalue weighted by atomic mass is 79.9. The van der Waals surface area contributed by atoms with Crippen LogP contribution in [0, 0.1) is 17.0 Å². The predicted molar refractivity (Wildman–Crippen MR) is 101 cm³/mol. The topological polar surface area (TPSA) is 101 Å². The number of nitro benzene ring substituents is 1. The van der Waals surface area contributed by atoms with Gasteiger partial charge in [-0.1, -0.05) is 22.0 Å². The summed E-state index contributed by atoms with van der Waals surface area (Å²) in [5, 5.41) is 10.9. The molecular weight excluding hydrogens is 418 g/mol. The van der Waals surface area contributed by atoms with E-state index in [1.807, 2.05) is 13.0 Å². The van der Waals surface area contributed by atoms with Crippen molar-refractivity contribution in [2.75, 3.05) is 11.6 Å². The Labute approximate surface area is 162 Å². The number of amides is 3. The molecule has 8 nitrogen and oxygen atoms in total. The quantitative estimate of drug-likeness (QED) is 0.419. The third-order valence-electron chi connectivity index (χ3n) is 4.29. The lowest BCUT2D eigenvalue weighted by Crippen LogP contribution is -2.43. The van der Waals surface area contributed by atoms with Gasteiger partial charge < -0.3 is 0 Å². The Morgan fingerprint density at radius 1 is 1.15 bits per heavy atom. The number of carbonyl (C=O) groups is 3. The van der Waals surface area contributed by atoms with Crippen molar-refractivity contribution in [2.24, 2.45) is 0 Å². The molecule has 0 N–H and O–H groups in total. The zero-order valence-corrected chi connectivity index (χ0v) is 16.0. The summed E-state index contributed by atoms with van der Waals surface area (Å²) in [5.41, 5.74) is 1.12. The number of anilines is 1. The third-order valence-corrected chi connectivity index (χ3v) is 4.78. The van der Waals surface area contributed by atoms with E-state index < -0.39 is 16.7 Å². The van der Waals surface area contributed by atoms with E-state index in [0.717, 1.165) is 21.0 Å². The molecule has 1 aliphatic rings. The summed E-state index contributed by atoms with van der Waals surface area (Å²) in [4.78, 5) is 50.0. The number of nitro groups is 1. The fraction of sp³-hybridized carbons (Fsp3) is 0.167. The fourth-order valence-corrected chi connectivity index (χ4v) is 3.23. The molecule has 27 heavy (non-hydrogen) atoms. The van der Waals surface area contributed by atoms with Crippen LogP contribution in [0.3, 0.4) is 0 Å². The van der Waals surface area contributed by atoms with Gasteiger partial charge in [0.1, 0.15) is 6.67 Å². The maximum absolute atomic E-state index is 12.7. The smallest absolute Gasteiger partial charge is 0.270 e. The van der Waals surface area contributed by atoms with Gasteiger partial charge in [0.25, 0.3) is 17.5 Å². The lowest BCUT2D eigenvalue weighted by atomic mass is 10.1. The second-order valence-electron chi connectivity index (χ2n) is 6.04. The number of nitrogens with zero attached hydrogens (tertiary/aromatic N) is 3. The van der Waals surface area contributed by atoms with Crippen molar-refractivity contribution in [1.29, 1.82) is 0 Å². The average Bonchev–Trinajstić information content (AvgIpc) is 2.85. The Morgan fingerprint density at radius 2 is 1.81 bits per heavy atom. The summed E-state index contributed by atoms with van der Waals surface area (Å²) in [6.45, 7) is 2.86. The van der Waals surface area contributed by atoms with Gasteiger partial charge in [0, 0.05) is 29.2 Å². The van der Waals surface area contributed by atoms with Crippen LogP contribution in [-0.4, -0.2) is 34.2 Å². The van der Waals surface area contributed by atoms with Crippen molar-refractivity contribution in [1.82, 2.24) is 4.90 Å². The summed E-state index contributed by atoms with van der Waals surface area (Å²) in [5.74, 6) is -1.61. The number of halogens is 1. The molecule has 138 valence electrons. The van der Waals surface area contributed by atoms with E-state index in [1.54, 1.807) is 12.1 Å². The number of aryl methyl sites for hydroxylation is 1. The van der Waals surface area contributed by atoms with Crippen molar-refractivity contribution in [2.45, 2.75) is 13.8 Å². The first-order valence-electron chi connectivity index (χ1n) is 7.89. The van der Waals surface area contributed by atoms with Gasteiger partial charge in [-0.3, -0.25) is 34.3 Å². The van der Waals surface area contributed by atoms with Gasteiger partial charge in [0.15, 0.2) is 0 Å². The number of benzene rings is 2. The predicted octanol–water partition coefficient (Wildman–Crippen LogP) is 3.27. The fourth-order valence-electron chi connectivity index (χ4n) is 2.88. The number of non-ortho nitro benzene ring substituents is 1. The Hall–Kier alpha value is -3.07. The Morgan fingerprint density at radius 3 is 2.44 bits per heavy atom. The van der Waals surface area contributed by atoms with Crippen LogP contribution < -0.4 is 4.90 Å². The zero-order valence-electron chi connectivity index (χ0n) is 14.4. The van der Waals surface area contributed by atoms with Gasteiger partial charge >= 0.3 is 0 Å². The Bertz CT molecular complexity index is 1000. The molecule has 0 radical (unpaired) electrons. The number of carbonyl (C=O) groups excluding carboxylic acids is 3. The van der Waals surface area contributed by atoms with E-state index in [-0.39, 0.29) is 29.4 Å². The molecule has 0 saturated heterocycles. The van der Waals surface area contributed by atoms with Crippen LogP contribution >= 0.6 is 15.9 Å². The maximum atomic E-state index is 12.7. The van der Waals surface area contributed by atoms with E-state index in [4.69, 9.17) is 0 Å². The standard InChI is InChI=1S/C18H14BrN3O5/c1-10-3-4-12(19)7-16(10)20(11(2)23)9-21-17(24)14-6-5-13(22(26)27)8-15(14)18(21)25/h3-8H,9H2,1-2H3. The van der Waals surface area contributed by atoms with E-state index in [2.05, 4.69) is 15.9 Å². The molecule has 1 heterocycles. The minimum Gasteiger partial charge on any atom is -0.294 e. The molecule has 2 aromatic carbocycles. The summed E-state index contributed by atoms with van der Waals surface area (Å²) in [7, 11) is 0. The molecule has 3 rings (SSSR count). The van der Waals surface area contributed by atoms with Crippen LogP contribution in [0.5, 0.6) is 0 Å². The number of rotatable bonds is 4. The first-order valence-corrected chi connectivity index (χ1v) is 8.69. The second kappa shape index (κ2) is 6.92. The minimum atomic E-state index is -0.669. The van der Waals surface area contributed by atoms with Crippen molar-refractivity contribution >= 4 is 45.0 Å². The van der Waals surface area contributed by atoms with Gasteiger partial charge in [-0.25, -0.2) is 0 Å². The molecule has 2 aromatic rings. The first kappa shape index (κ1) is 18.7. The molecule has 0 aromatic heterocycles. The van der Waals surface area contributed by atoms with Crippen LogP contribution in [0.25, 0.3) is 0 Å². The molecule has 9 heteroatoms. The van der Waals surface area contributed by atoms with Gasteiger partial charge in [0.2, 0.25) is 5.91 Å². The van der Waals surface area contributed by atoms with Crippen LogP contribution in [0.2, 0.25) is 0 Å². The zero-order chi connectivity index (χ0) is 19.9. The van der Waals surface area contributed by atoms with Gasteiger partial charge in [-0.05, 0) is 30.7 Å². The second-order valence-corrected chi connectivity index (χ2v) is 6.96.